The molecule has 2 rings (SSSR count). The third-order valence-electron chi connectivity index (χ3n) is 4.21. The van der Waals surface area contributed by atoms with Crippen molar-refractivity contribution in [3.63, 3.8) is 0 Å². The zero-order chi connectivity index (χ0) is 16.8. The summed E-state index contributed by atoms with van der Waals surface area (Å²) in [7, 11) is 0. The SMILES string of the molecule is CCCC(N)C(=O)N1CCC(C(=O)Nc2ccc(F)cc2)CC1. The van der Waals surface area contributed by atoms with Crippen LogP contribution in [0.25, 0.3) is 0 Å². The van der Waals surface area contributed by atoms with Gasteiger partial charge in [0, 0.05) is 24.7 Å². The van der Waals surface area contributed by atoms with E-state index in [4.69, 9.17) is 5.73 Å². The summed E-state index contributed by atoms with van der Waals surface area (Å²) in [6.45, 7) is 3.11. The van der Waals surface area contributed by atoms with Gasteiger partial charge in [-0.25, -0.2) is 4.39 Å². The van der Waals surface area contributed by atoms with E-state index >= 15 is 0 Å². The largest absolute Gasteiger partial charge is 0.341 e. The Balaban J connectivity index is 1.82. The van der Waals surface area contributed by atoms with Crippen LogP contribution in [-0.2, 0) is 9.59 Å². The van der Waals surface area contributed by atoms with E-state index in [1.165, 1.54) is 24.3 Å². The normalized spacial score (nSPS) is 16.9. The highest BCUT2D eigenvalue weighted by atomic mass is 19.1. The first-order chi connectivity index (χ1) is 11.0. The molecular weight excluding hydrogens is 297 g/mol. The summed E-state index contributed by atoms with van der Waals surface area (Å²) in [4.78, 5) is 26.1. The second-order valence-corrected chi connectivity index (χ2v) is 5.99. The van der Waals surface area contributed by atoms with Gasteiger partial charge < -0.3 is 16.0 Å². The van der Waals surface area contributed by atoms with Crippen molar-refractivity contribution in [1.29, 1.82) is 0 Å². The number of benzene rings is 1. The molecule has 1 atom stereocenters. The molecule has 6 heteroatoms. The number of nitrogens with one attached hydrogen (secondary N) is 1. The van der Waals surface area contributed by atoms with E-state index in [0.29, 0.717) is 38.0 Å². The third kappa shape index (κ3) is 4.76. The molecule has 0 saturated carbocycles. The van der Waals surface area contributed by atoms with E-state index in [2.05, 4.69) is 5.32 Å². The number of likely N-dealkylation sites (tertiary alicyclic amines) is 1. The average Bonchev–Trinajstić information content (AvgIpc) is 2.56. The fourth-order valence-electron chi connectivity index (χ4n) is 2.81. The quantitative estimate of drug-likeness (QED) is 0.872. The number of nitrogens with zero attached hydrogens (tertiary/aromatic N) is 1. The van der Waals surface area contributed by atoms with Crippen molar-refractivity contribution in [3.8, 4) is 0 Å². The maximum Gasteiger partial charge on any atom is 0.239 e. The van der Waals surface area contributed by atoms with Gasteiger partial charge in [0.25, 0.3) is 0 Å². The molecule has 1 aliphatic rings. The van der Waals surface area contributed by atoms with Gasteiger partial charge in [0.05, 0.1) is 6.04 Å². The molecule has 2 amide bonds. The molecule has 1 saturated heterocycles. The van der Waals surface area contributed by atoms with E-state index in [1.807, 2.05) is 6.92 Å². The van der Waals surface area contributed by atoms with Gasteiger partial charge in [-0.3, -0.25) is 9.59 Å². The predicted molar refractivity (Wildman–Crippen MR) is 87.2 cm³/mol. The summed E-state index contributed by atoms with van der Waals surface area (Å²) in [5.41, 5.74) is 6.45. The van der Waals surface area contributed by atoms with Crippen LogP contribution in [0.3, 0.4) is 0 Å². The summed E-state index contributed by atoms with van der Waals surface area (Å²) in [5, 5.41) is 2.79. The number of anilines is 1. The smallest absolute Gasteiger partial charge is 0.239 e. The van der Waals surface area contributed by atoms with Crippen LogP contribution >= 0.6 is 0 Å². The van der Waals surface area contributed by atoms with Crippen LogP contribution in [0.1, 0.15) is 32.6 Å². The number of carbonyl (C=O) groups excluding carboxylic acids is 2. The van der Waals surface area contributed by atoms with Gasteiger partial charge in [0.15, 0.2) is 0 Å². The van der Waals surface area contributed by atoms with Crippen molar-refractivity contribution >= 4 is 17.5 Å². The van der Waals surface area contributed by atoms with Gasteiger partial charge >= 0.3 is 0 Å². The summed E-state index contributed by atoms with van der Waals surface area (Å²) in [6, 6.07) is 5.26. The van der Waals surface area contributed by atoms with Crippen molar-refractivity contribution in [1.82, 2.24) is 4.90 Å². The molecule has 0 bridgehead atoms. The monoisotopic (exact) mass is 321 g/mol. The van der Waals surface area contributed by atoms with E-state index in [1.54, 1.807) is 4.90 Å². The molecule has 1 aliphatic heterocycles. The van der Waals surface area contributed by atoms with Gasteiger partial charge in [-0.1, -0.05) is 13.3 Å². The first-order valence-corrected chi connectivity index (χ1v) is 8.12. The van der Waals surface area contributed by atoms with Crippen LogP contribution in [0.5, 0.6) is 0 Å². The highest BCUT2D eigenvalue weighted by molar-refractivity contribution is 5.92. The lowest BCUT2D eigenvalue weighted by atomic mass is 9.95. The minimum atomic E-state index is -0.440. The van der Waals surface area contributed by atoms with Crippen LogP contribution in [0.15, 0.2) is 24.3 Å². The van der Waals surface area contributed by atoms with Crippen LogP contribution in [0.4, 0.5) is 10.1 Å². The Bertz CT molecular complexity index is 539. The Labute approximate surface area is 136 Å². The maximum absolute atomic E-state index is 12.9. The van der Waals surface area contributed by atoms with Crippen LogP contribution in [0.2, 0.25) is 0 Å². The van der Waals surface area contributed by atoms with Crippen molar-refractivity contribution in [2.75, 3.05) is 18.4 Å². The molecule has 3 N–H and O–H groups in total. The molecule has 0 spiro atoms. The highest BCUT2D eigenvalue weighted by Gasteiger charge is 2.29. The third-order valence-corrected chi connectivity index (χ3v) is 4.21. The van der Waals surface area contributed by atoms with E-state index < -0.39 is 6.04 Å². The number of carbonyl (C=O) groups is 2. The number of rotatable bonds is 5. The standard InChI is InChI=1S/C17H24FN3O2/c1-2-3-15(19)17(23)21-10-8-12(9-11-21)16(22)20-14-6-4-13(18)5-7-14/h4-7,12,15H,2-3,8-11,19H2,1H3,(H,20,22). The van der Waals surface area contributed by atoms with E-state index in [9.17, 15) is 14.0 Å². The maximum atomic E-state index is 12.9. The van der Waals surface area contributed by atoms with Gasteiger partial charge in [-0.05, 0) is 43.5 Å². The molecule has 126 valence electrons. The number of nitrogens with two attached hydrogens (primary N) is 1. The lowest BCUT2D eigenvalue weighted by Crippen LogP contribution is -2.48. The van der Waals surface area contributed by atoms with Crippen LogP contribution in [-0.4, -0.2) is 35.8 Å². The zero-order valence-corrected chi connectivity index (χ0v) is 13.4. The van der Waals surface area contributed by atoms with Gasteiger partial charge in [0.1, 0.15) is 5.82 Å². The number of piperidine rings is 1. The van der Waals surface area contributed by atoms with Gasteiger partial charge in [0.2, 0.25) is 11.8 Å². The van der Waals surface area contributed by atoms with Gasteiger partial charge in [-0.2, -0.15) is 0 Å². The minimum absolute atomic E-state index is 0.0238. The topological polar surface area (TPSA) is 75.4 Å². The second kappa shape index (κ2) is 8.06. The number of hydrogen-bond acceptors (Lipinski definition) is 3. The first-order valence-electron chi connectivity index (χ1n) is 8.12. The first kappa shape index (κ1) is 17.4. The number of halogens is 1. The molecule has 1 unspecified atom stereocenters. The lowest BCUT2D eigenvalue weighted by Gasteiger charge is -2.33. The predicted octanol–water partition coefficient (Wildman–Crippen LogP) is 2.13. The van der Waals surface area contributed by atoms with Crippen LogP contribution in [0, 0.1) is 11.7 Å². The van der Waals surface area contributed by atoms with Crippen LogP contribution < -0.4 is 11.1 Å². The molecule has 1 fully saturated rings. The van der Waals surface area contributed by atoms with Crippen molar-refractivity contribution in [2.45, 2.75) is 38.6 Å². The van der Waals surface area contributed by atoms with Crippen molar-refractivity contribution in [3.05, 3.63) is 30.1 Å². The Hall–Kier alpha value is -1.95. The molecule has 1 heterocycles. The summed E-state index contributed by atoms with van der Waals surface area (Å²) < 4.78 is 12.9. The Kier molecular flexibility index (Phi) is 6.10. The molecule has 1 aromatic rings. The Morgan fingerprint density at radius 2 is 1.91 bits per heavy atom. The second-order valence-electron chi connectivity index (χ2n) is 5.99. The summed E-state index contributed by atoms with van der Waals surface area (Å²) in [5.74, 6) is -0.574. The number of hydrogen-bond donors (Lipinski definition) is 2. The van der Waals surface area contributed by atoms with Crippen molar-refractivity contribution in [2.24, 2.45) is 11.7 Å². The highest BCUT2D eigenvalue weighted by Crippen LogP contribution is 2.20. The molecule has 5 nitrogen and oxygen atoms in total. The Morgan fingerprint density at radius 3 is 2.48 bits per heavy atom. The fraction of sp³-hybridized carbons (Fsp3) is 0.529. The number of amides is 2. The Morgan fingerprint density at radius 1 is 1.30 bits per heavy atom. The van der Waals surface area contributed by atoms with Gasteiger partial charge in [-0.15, -0.1) is 0 Å². The molecule has 0 aliphatic carbocycles. The molecule has 1 aromatic carbocycles. The van der Waals surface area contributed by atoms with Crippen molar-refractivity contribution < 1.29 is 14.0 Å². The zero-order valence-electron chi connectivity index (χ0n) is 13.4. The lowest BCUT2D eigenvalue weighted by molar-refractivity contribution is -0.135. The van der Waals surface area contributed by atoms with E-state index in [-0.39, 0.29) is 23.5 Å². The summed E-state index contributed by atoms with van der Waals surface area (Å²) in [6.07, 6.45) is 2.81. The molecule has 0 radical (unpaired) electrons. The molecule has 0 aromatic heterocycles. The fourth-order valence-corrected chi connectivity index (χ4v) is 2.81. The molecule has 23 heavy (non-hydrogen) atoms. The van der Waals surface area contributed by atoms with E-state index in [0.717, 1.165) is 6.42 Å². The summed E-state index contributed by atoms with van der Waals surface area (Å²) >= 11 is 0. The minimum Gasteiger partial charge on any atom is -0.341 e. The average molecular weight is 321 g/mol. The molecular formula is C17H24FN3O2.